The van der Waals surface area contributed by atoms with Gasteiger partial charge in [0.2, 0.25) is 0 Å². The van der Waals surface area contributed by atoms with Crippen LogP contribution in [0, 0.1) is 13.8 Å². The van der Waals surface area contributed by atoms with E-state index in [1.807, 2.05) is 6.07 Å². The first-order valence-electron chi connectivity index (χ1n) is 8.61. The minimum absolute atomic E-state index is 0.980. The summed E-state index contributed by atoms with van der Waals surface area (Å²) >= 11 is 3.49. The largest absolute Gasteiger partial charge is 0.297 e. The molecule has 4 rings (SSSR count). The van der Waals surface area contributed by atoms with Crippen LogP contribution in [0.1, 0.15) is 11.4 Å². The van der Waals surface area contributed by atoms with Crippen LogP contribution in [-0.2, 0) is 0 Å². The van der Waals surface area contributed by atoms with E-state index in [4.69, 9.17) is 4.98 Å². The van der Waals surface area contributed by atoms with Gasteiger partial charge >= 0.3 is 0 Å². The van der Waals surface area contributed by atoms with Gasteiger partial charge in [0.25, 0.3) is 0 Å². The lowest BCUT2D eigenvalue weighted by Crippen LogP contribution is -1.99. The van der Waals surface area contributed by atoms with Crippen LogP contribution in [0.15, 0.2) is 83.3 Å². The first-order valence-corrected chi connectivity index (χ1v) is 9.40. The second kappa shape index (κ2) is 6.93. The van der Waals surface area contributed by atoms with Crippen LogP contribution in [0.3, 0.4) is 0 Å². The number of rotatable bonds is 3. The van der Waals surface area contributed by atoms with E-state index < -0.39 is 0 Å². The first-order chi connectivity index (χ1) is 12.6. The molecule has 0 aliphatic rings. The minimum atomic E-state index is 0.980. The van der Waals surface area contributed by atoms with Crippen molar-refractivity contribution in [2.75, 3.05) is 0 Å². The zero-order valence-electron chi connectivity index (χ0n) is 14.8. The molecule has 3 heteroatoms. The molecule has 0 spiro atoms. The standard InChI is InChI=1S/C23H19BrN2/c1-16-17(2)26(22-6-4-3-5-7-22)23(25-16)20-10-8-18(9-11-20)19-12-14-21(24)15-13-19/h3-15H,1-2H3. The highest BCUT2D eigenvalue weighted by Gasteiger charge is 2.14. The number of hydrogen-bond acceptors (Lipinski definition) is 1. The zero-order valence-corrected chi connectivity index (χ0v) is 16.4. The van der Waals surface area contributed by atoms with Gasteiger partial charge in [0, 0.05) is 21.4 Å². The molecule has 4 aromatic rings. The summed E-state index contributed by atoms with van der Waals surface area (Å²) < 4.78 is 3.32. The van der Waals surface area contributed by atoms with Crippen LogP contribution in [0.2, 0.25) is 0 Å². The number of imidazole rings is 1. The number of aryl methyl sites for hydroxylation is 1. The molecule has 0 N–H and O–H groups in total. The molecule has 0 saturated carbocycles. The topological polar surface area (TPSA) is 17.8 Å². The molecule has 0 aliphatic carbocycles. The van der Waals surface area contributed by atoms with Crippen molar-refractivity contribution in [3.8, 4) is 28.2 Å². The maximum absolute atomic E-state index is 4.83. The molecule has 3 aromatic carbocycles. The van der Waals surface area contributed by atoms with E-state index in [0.29, 0.717) is 0 Å². The van der Waals surface area contributed by atoms with Gasteiger partial charge in [-0.3, -0.25) is 4.57 Å². The van der Waals surface area contributed by atoms with Gasteiger partial charge in [0.1, 0.15) is 5.82 Å². The van der Waals surface area contributed by atoms with E-state index in [1.54, 1.807) is 0 Å². The van der Waals surface area contributed by atoms with E-state index in [-0.39, 0.29) is 0 Å². The van der Waals surface area contributed by atoms with Gasteiger partial charge in [-0.2, -0.15) is 0 Å². The summed E-state index contributed by atoms with van der Waals surface area (Å²) in [5, 5.41) is 0. The Labute approximate surface area is 162 Å². The van der Waals surface area contributed by atoms with Crippen molar-refractivity contribution in [2.24, 2.45) is 0 Å². The van der Waals surface area contributed by atoms with Crippen LogP contribution in [-0.4, -0.2) is 9.55 Å². The molecule has 2 nitrogen and oxygen atoms in total. The Morgan fingerprint density at radius 2 is 1.23 bits per heavy atom. The van der Waals surface area contributed by atoms with Crippen molar-refractivity contribution in [3.05, 3.63) is 94.7 Å². The molecule has 1 heterocycles. The van der Waals surface area contributed by atoms with E-state index in [9.17, 15) is 0 Å². The minimum Gasteiger partial charge on any atom is -0.297 e. The number of nitrogens with zero attached hydrogens (tertiary/aromatic N) is 2. The smallest absolute Gasteiger partial charge is 0.145 e. The summed E-state index contributed by atoms with van der Waals surface area (Å²) in [5.41, 5.74) is 6.89. The Hall–Kier alpha value is -2.65. The lowest BCUT2D eigenvalue weighted by atomic mass is 10.0. The Balaban J connectivity index is 1.77. The molecule has 26 heavy (non-hydrogen) atoms. The van der Waals surface area contributed by atoms with Crippen LogP contribution in [0.5, 0.6) is 0 Å². The second-order valence-electron chi connectivity index (χ2n) is 6.36. The molecule has 1 aromatic heterocycles. The number of halogens is 1. The van der Waals surface area contributed by atoms with Gasteiger partial charge in [0.05, 0.1) is 5.69 Å². The molecule has 0 saturated heterocycles. The average Bonchev–Trinajstić information content (AvgIpc) is 2.98. The Bertz CT molecular complexity index is 1030. The summed E-state index contributed by atoms with van der Waals surface area (Å²) in [6, 6.07) is 27.4. The van der Waals surface area contributed by atoms with Crippen LogP contribution in [0.25, 0.3) is 28.2 Å². The lowest BCUT2D eigenvalue weighted by Gasteiger charge is -2.11. The van der Waals surface area contributed by atoms with Gasteiger partial charge in [-0.25, -0.2) is 4.98 Å². The van der Waals surface area contributed by atoms with E-state index >= 15 is 0 Å². The molecular weight excluding hydrogens is 384 g/mol. The summed E-state index contributed by atoms with van der Waals surface area (Å²) in [5.74, 6) is 0.980. The van der Waals surface area contributed by atoms with Crippen molar-refractivity contribution in [1.82, 2.24) is 9.55 Å². The van der Waals surface area contributed by atoms with Crippen LogP contribution < -0.4 is 0 Å². The van der Waals surface area contributed by atoms with Crippen molar-refractivity contribution < 1.29 is 0 Å². The van der Waals surface area contributed by atoms with Gasteiger partial charge in [-0.15, -0.1) is 0 Å². The van der Waals surface area contributed by atoms with Crippen molar-refractivity contribution in [1.29, 1.82) is 0 Å². The third-order valence-electron chi connectivity index (χ3n) is 4.68. The fourth-order valence-electron chi connectivity index (χ4n) is 3.15. The molecule has 0 radical (unpaired) electrons. The summed E-state index contributed by atoms with van der Waals surface area (Å²) in [4.78, 5) is 4.83. The third kappa shape index (κ3) is 3.11. The molecule has 0 amide bonds. The summed E-state index contributed by atoms with van der Waals surface area (Å²) in [7, 11) is 0. The molecule has 128 valence electrons. The molecule has 0 unspecified atom stereocenters. The van der Waals surface area contributed by atoms with Gasteiger partial charge in [0.15, 0.2) is 0 Å². The maximum Gasteiger partial charge on any atom is 0.145 e. The van der Waals surface area contributed by atoms with E-state index in [1.165, 1.54) is 16.8 Å². The summed E-state index contributed by atoms with van der Waals surface area (Å²) in [6.07, 6.45) is 0. The fourth-order valence-corrected chi connectivity index (χ4v) is 3.42. The number of benzene rings is 3. The number of para-hydroxylation sites is 1. The zero-order chi connectivity index (χ0) is 18.1. The number of hydrogen-bond donors (Lipinski definition) is 0. The average molecular weight is 403 g/mol. The lowest BCUT2D eigenvalue weighted by molar-refractivity contribution is 1.01. The molecule has 0 fully saturated rings. The predicted molar refractivity (Wildman–Crippen MR) is 112 cm³/mol. The Kier molecular flexibility index (Phi) is 4.48. The van der Waals surface area contributed by atoms with E-state index in [0.717, 1.165) is 27.2 Å². The van der Waals surface area contributed by atoms with Crippen LogP contribution >= 0.6 is 15.9 Å². The van der Waals surface area contributed by atoms with Gasteiger partial charge in [-0.05, 0) is 49.2 Å². The van der Waals surface area contributed by atoms with Crippen molar-refractivity contribution >= 4 is 15.9 Å². The van der Waals surface area contributed by atoms with Crippen molar-refractivity contribution in [2.45, 2.75) is 13.8 Å². The number of aromatic nitrogens is 2. The quantitative estimate of drug-likeness (QED) is 0.378. The SMILES string of the molecule is Cc1nc(-c2ccc(-c3ccc(Br)cc3)cc2)n(-c2ccccc2)c1C. The van der Waals surface area contributed by atoms with E-state index in [2.05, 4.69) is 107 Å². The molecular formula is C23H19BrN2. The molecule has 0 atom stereocenters. The Morgan fingerprint density at radius 3 is 1.85 bits per heavy atom. The fraction of sp³-hybridized carbons (Fsp3) is 0.0870. The summed E-state index contributed by atoms with van der Waals surface area (Å²) in [6.45, 7) is 4.18. The van der Waals surface area contributed by atoms with Crippen molar-refractivity contribution in [3.63, 3.8) is 0 Å². The third-order valence-corrected chi connectivity index (χ3v) is 5.21. The normalized spacial score (nSPS) is 10.9. The van der Waals surface area contributed by atoms with Crippen LogP contribution in [0.4, 0.5) is 0 Å². The highest BCUT2D eigenvalue weighted by Crippen LogP contribution is 2.29. The second-order valence-corrected chi connectivity index (χ2v) is 7.28. The van der Waals surface area contributed by atoms with Gasteiger partial charge < -0.3 is 0 Å². The maximum atomic E-state index is 4.83. The monoisotopic (exact) mass is 402 g/mol. The van der Waals surface area contributed by atoms with Gasteiger partial charge in [-0.1, -0.05) is 70.5 Å². The Morgan fingerprint density at radius 1 is 0.692 bits per heavy atom. The molecule has 0 bridgehead atoms. The highest BCUT2D eigenvalue weighted by atomic mass is 79.9. The molecule has 0 aliphatic heterocycles. The predicted octanol–water partition coefficient (Wildman–Crippen LogP) is 6.59. The highest BCUT2D eigenvalue weighted by molar-refractivity contribution is 9.10. The first kappa shape index (κ1) is 16.8.